The highest BCUT2D eigenvalue weighted by molar-refractivity contribution is 7.48. The molecule has 0 amide bonds. The van der Waals surface area contributed by atoms with Gasteiger partial charge in [-0.05, 0) is 37.0 Å². The second kappa shape index (κ2) is 16.1. The van der Waals surface area contributed by atoms with Gasteiger partial charge in [0.15, 0.2) is 0 Å². The Morgan fingerprint density at radius 3 is 1.54 bits per heavy atom. The average Bonchev–Trinajstić information content (AvgIpc) is 2.62. The molecule has 0 spiro atoms. The maximum absolute atomic E-state index is 13.1. The van der Waals surface area contributed by atoms with Crippen molar-refractivity contribution in [3.05, 3.63) is 0 Å². The van der Waals surface area contributed by atoms with Gasteiger partial charge in [-0.1, -0.05) is 80.1 Å². The van der Waals surface area contributed by atoms with Crippen molar-refractivity contribution in [2.75, 3.05) is 19.8 Å². The molecular formula is C21H45O4P. The molecule has 2 unspecified atom stereocenters. The summed E-state index contributed by atoms with van der Waals surface area (Å²) in [7, 11) is -3.47. The molecule has 0 aromatic heterocycles. The zero-order valence-corrected chi connectivity index (χ0v) is 19.2. The fourth-order valence-corrected chi connectivity index (χ4v) is 4.04. The first kappa shape index (κ1) is 26.1. The monoisotopic (exact) mass is 392 g/mol. The fraction of sp³-hybridized carbons (Fsp3) is 1.00. The Bertz CT molecular complexity index is 336. The number of unbranched alkanes of at least 4 members (excludes halogenated alkanes) is 2. The van der Waals surface area contributed by atoms with Crippen LogP contribution in [0.15, 0.2) is 0 Å². The normalized spacial score (nSPS) is 16.6. The van der Waals surface area contributed by atoms with E-state index in [2.05, 4.69) is 41.5 Å². The Balaban J connectivity index is 4.68. The molecular weight excluding hydrogens is 347 g/mol. The van der Waals surface area contributed by atoms with Crippen LogP contribution in [0.4, 0.5) is 0 Å². The summed E-state index contributed by atoms with van der Waals surface area (Å²) in [6.07, 6.45) is 9.82. The van der Waals surface area contributed by atoms with Gasteiger partial charge in [-0.2, -0.15) is 0 Å². The molecule has 2 atom stereocenters. The van der Waals surface area contributed by atoms with Crippen molar-refractivity contribution in [1.29, 1.82) is 0 Å². The summed E-state index contributed by atoms with van der Waals surface area (Å²) in [4.78, 5) is 0. The van der Waals surface area contributed by atoms with E-state index in [9.17, 15) is 4.57 Å². The van der Waals surface area contributed by atoms with Crippen LogP contribution in [0.5, 0.6) is 0 Å². The van der Waals surface area contributed by atoms with Crippen molar-refractivity contribution in [3.8, 4) is 0 Å². The predicted octanol–water partition coefficient (Wildman–Crippen LogP) is 7.62. The lowest BCUT2D eigenvalue weighted by molar-refractivity contribution is 0.0817. The highest BCUT2D eigenvalue weighted by atomic mass is 31.2. The van der Waals surface area contributed by atoms with Crippen molar-refractivity contribution in [2.45, 2.75) is 99.3 Å². The van der Waals surface area contributed by atoms with Gasteiger partial charge < -0.3 is 0 Å². The van der Waals surface area contributed by atoms with Crippen LogP contribution >= 0.6 is 7.82 Å². The van der Waals surface area contributed by atoms with E-state index in [-0.39, 0.29) is 0 Å². The zero-order chi connectivity index (χ0) is 19.8. The Kier molecular flexibility index (Phi) is 16.2. The van der Waals surface area contributed by atoms with Crippen molar-refractivity contribution in [1.82, 2.24) is 0 Å². The van der Waals surface area contributed by atoms with Gasteiger partial charge in [-0.15, -0.1) is 0 Å². The van der Waals surface area contributed by atoms with Gasteiger partial charge in [-0.25, -0.2) is 4.57 Å². The number of hydrogen-bond acceptors (Lipinski definition) is 4. The third-order valence-corrected chi connectivity index (χ3v) is 6.40. The second-order valence-electron chi connectivity index (χ2n) is 7.89. The molecule has 158 valence electrons. The highest BCUT2D eigenvalue weighted by Crippen LogP contribution is 2.51. The van der Waals surface area contributed by atoms with Crippen LogP contribution in [-0.4, -0.2) is 19.8 Å². The smallest absolute Gasteiger partial charge is 0.287 e. The average molecular weight is 393 g/mol. The molecule has 0 aliphatic heterocycles. The summed E-state index contributed by atoms with van der Waals surface area (Å²) in [5.74, 6) is 1.34. The summed E-state index contributed by atoms with van der Waals surface area (Å²) in [5.41, 5.74) is 0. The lowest BCUT2D eigenvalue weighted by atomic mass is 10.0. The van der Waals surface area contributed by atoms with Gasteiger partial charge in [0.2, 0.25) is 0 Å². The Morgan fingerprint density at radius 1 is 0.731 bits per heavy atom. The second-order valence-corrected chi connectivity index (χ2v) is 9.56. The van der Waals surface area contributed by atoms with Gasteiger partial charge in [0.25, 0.3) is 0 Å². The van der Waals surface area contributed by atoms with E-state index in [1.807, 2.05) is 0 Å². The van der Waals surface area contributed by atoms with Crippen LogP contribution in [0.1, 0.15) is 99.3 Å². The van der Waals surface area contributed by atoms with Crippen LogP contribution in [0.2, 0.25) is 0 Å². The van der Waals surface area contributed by atoms with Gasteiger partial charge in [-0.3, -0.25) is 13.6 Å². The molecule has 0 N–H and O–H groups in total. The molecule has 0 fully saturated rings. The van der Waals surface area contributed by atoms with Gasteiger partial charge >= 0.3 is 7.82 Å². The molecule has 0 bridgehead atoms. The topological polar surface area (TPSA) is 44.8 Å². The number of rotatable bonds is 18. The number of phosphoric acid groups is 1. The number of hydrogen-bond donors (Lipinski definition) is 0. The van der Waals surface area contributed by atoms with Gasteiger partial charge in [0.1, 0.15) is 0 Å². The molecule has 0 aromatic carbocycles. The summed E-state index contributed by atoms with van der Waals surface area (Å²) in [6, 6.07) is 0. The summed E-state index contributed by atoms with van der Waals surface area (Å²) >= 11 is 0. The lowest BCUT2D eigenvalue weighted by Gasteiger charge is -2.23. The molecule has 0 aromatic rings. The molecule has 0 radical (unpaired) electrons. The van der Waals surface area contributed by atoms with E-state index in [1.165, 1.54) is 25.7 Å². The molecule has 0 saturated heterocycles. The number of phosphoric ester groups is 1. The van der Waals surface area contributed by atoms with Crippen LogP contribution < -0.4 is 0 Å². The third-order valence-electron chi connectivity index (χ3n) is 4.97. The van der Waals surface area contributed by atoms with E-state index in [4.69, 9.17) is 13.6 Å². The molecule has 0 heterocycles. The fourth-order valence-electron chi connectivity index (χ4n) is 2.70. The Morgan fingerprint density at radius 2 is 1.19 bits per heavy atom. The first-order valence-electron chi connectivity index (χ1n) is 10.9. The van der Waals surface area contributed by atoms with Crippen LogP contribution in [0.3, 0.4) is 0 Å². The first-order chi connectivity index (χ1) is 12.4. The van der Waals surface area contributed by atoms with Crippen molar-refractivity contribution >= 4 is 7.82 Å². The molecule has 0 saturated carbocycles. The predicted molar refractivity (Wildman–Crippen MR) is 112 cm³/mol. The summed E-state index contributed by atoms with van der Waals surface area (Å²) < 4.78 is 30.3. The highest BCUT2D eigenvalue weighted by Gasteiger charge is 2.29. The largest absolute Gasteiger partial charge is 0.474 e. The third kappa shape index (κ3) is 13.3. The maximum Gasteiger partial charge on any atom is 0.474 e. The Labute approximate surface area is 163 Å². The molecule has 26 heavy (non-hydrogen) atoms. The molecule has 4 nitrogen and oxygen atoms in total. The maximum atomic E-state index is 13.1. The van der Waals surface area contributed by atoms with Crippen LogP contribution in [-0.2, 0) is 18.1 Å². The minimum Gasteiger partial charge on any atom is -0.287 e. The minimum absolute atomic E-state index is 0.419. The molecule has 5 heteroatoms. The Hall–Kier alpha value is 0.110. The lowest BCUT2D eigenvalue weighted by Crippen LogP contribution is -2.14. The van der Waals surface area contributed by atoms with Crippen molar-refractivity contribution < 1.29 is 18.1 Å². The first-order valence-corrected chi connectivity index (χ1v) is 12.4. The van der Waals surface area contributed by atoms with E-state index in [0.717, 1.165) is 32.1 Å². The SMILES string of the molecule is CCCCC(CC)COP(=O)(OCCC(C)C)OCC(CC)CCCC. The van der Waals surface area contributed by atoms with E-state index >= 15 is 0 Å². The van der Waals surface area contributed by atoms with Crippen molar-refractivity contribution in [3.63, 3.8) is 0 Å². The zero-order valence-electron chi connectivity index (χ0n) is 18.3. The van der Waals surface area contributed by atoms with E-state index < -0.39 is 7.82 Å². The van der Waals surface area contributed by atoms with E-state index in [1.54, 1.807) is 0 Å². The molecule has 0 aliphatic rings. The minimum atomic E-state index is -3.47. The van der Waals surface area contributed by atoms with Gasteiger partial charge in [0.05, 0.1) is 19.8 Å². The standard InChI is InChI=1S/C21H45O4P/c1-7-11-13-20(9-3)17-24-26(22,23-16-15-19(5)6)25-18-21(10-4)14-12-8-2/h19-21H,7-18H2,1-6H3. The van der Waals surface area contributed by atoms with Gasteiger partial charge in [0, 0.05) is 0 Å². The van der Waals surface area contributed by atoms with Crippen molar-refractivity contribution in [2.24, 2.45) is 17.8 Å². The quantitative estimate of drug-likeness (QED) is 0.225. The summed E-state index contributed by atoms with van der Waals surface area (Å²) in [5, 5.41) is 0. The summed E-state index contributed by atoms with van der Waals surface area (Å²) in [6.45, 7) is 14.3. The van der Waals surface area contributed by atoms with Crippen LogP contribution in [0, 0.1) is 17.8 Å². The molecule has 0 aliphatic carbocycles. The van der Waals surface area contributed by atoms with Crippen LogP contribution in [0.25, 0.3) is 0 Å². The van der Waals surface area contributed by atoms with E-state index in [0.29, 0.717) is 37.6 Å². The molecule has 0 rings (SSSR count).